The van der Waals surface area contributed by atoms with E-state index in [2.05, 4.69) is 10.6 Å². The molecule has 0 saturated heterocycles. The molecule has 1 amide bonds. The van der Waals surface area contributed by atoms with Gasteiger partial charge in [0.05, 0.1) is 11.4 Å². The second-order valence-electron chi connectivity index (χ2n) is 2.92. The Morgan fingerprint density at radius 1 is 1.38 bits per heavy atom. The number of nitrogens with one attached hydrogen (secondary N) is 1. The van der Waals surface area contributed by atoms with Crippen molar-refractivity contribution in [3.8, 4) is 12.3 Å². The third-order valence-electron chi connectivity index (χ3n) is 1.81. The third kappa shape index (κ3) is 2.82. The number of hydrogen-bond donors (Lipinski definition) is 2. The maximum Gasteiger partial charge on any atom is 0.248 e. The summed E-state index contributed by atoms with van der Waals surface area (Å²) >= 11 is 0. The standard InChI is InChI=1S/C10H10N2O3S/c1-2-7-12-16(14,15)9-5-3-8(4-6-9)10(11)13/h1,3-6,12H,7H2,(H2,11,13). The lowest BCUT2D eigenvalue weighted by Gasteiger charge is -2.04. The zero-order chi connectivity index (χ0) is 12.2. The van der Waals surface area contributed by atoms with Crippen molar-refractivity contribution in [3.05, 3.63) is 29.8 Å². The van der Waals surface area contributed by atoms with Gasteiger partial charge in [0, 0.05) is 5.56 Å². The highest BCUT2D eigenvalue weighted by molar-refractivity contribution is 7.89. The van der Waals surface area contributed by atoms with E-state index in [1.54, 1.807) is 0 Å². The molecule has 16 heavy (non-hydrogen) atoms. The van der Waals surface area contributed by atoms with Gasteiger partial charge < -0.3 is 5.73 Å². The highest BCUT2D eigenvalue weighted by Gasteiger charge is 2.12. The van der Waals surface area contributed by atoms with Gasteiger partial charge in [-0.15, -0.1) is 6.42 Å². The largest absolute Gasteiger partial charge is 0.366 e. The molecule has 0 heterocycles. The van der Waals surface area contributed by atoms with Crippen LogP contribution in [-0.4, -0.2) is 20.9 Å². The average molecular weight is 238 g/mol. The van der Waals surface area contributed by atoms with Crippen LogP contribution in [0.15, 0.2) is 29.2 Å². The van der Waals surface area contributed by atoms with Crippen LogP contribution < -0.4 is 10.5 Å². The van der Waals surface area contributed by atoms with Crippen molar-refractivity contribution in [2.24, 2.45) is 5.73 Å². The summed E-state index contributed by atoms with van der Waals surface area (Å²) in [6, 6.07) is 5.26. The Morgan fingerprint density at radius 2 is 1.94 bits per heavy atom. The molecule has 6 heteroatoms. The lowest BCUT2D eigenvalue weighted by atomic mass is 10.2. The van der Waals surface area contributed by atoms with E-state index >= 15 is 0 Å². The van der Waals surface area contributed by atoms with E-state index in [-0.39, 0.29) is 17.0 Å². The number of primary amides is 1. The molecular formula is C10H10N2O3S. The van der Waals surface area contributed by atoms with E-state index in [1.807, 2.05) is 0 Å². The second kappa shape index (κ2) is 4.79. The molecule has 1 aromatic rings. The van der Waals surface area contributed by atoms with E-state index < -0.39 is 15.9 Å². The Morgan fingerprint density at radius 3 is 2.38 bits per heavy atom. The number of amides is 1. The normalized spacial score (nSPS) is 10.7. The number of carbonyl (C=O) groups is 1. The maximum atomic E-state index is 11.5. The highest BCUT2D eigenvalue weighted by Crippen LogP contribution is 2.09. The summed E-state index contributed by atoms with van der Waals surface area (Å²) in [5.74, 6) is 1.55. The lowest BCUT2D eigenvalue weighted by Crippen LogP contribution is -2.24. The van der Waals surface area contributed by atoms with E-state index in [4.69, 9.17) is 12.2 Å². The molecule has 84 valence electrons. The first-order valence-corrected chi connectivity index (χ1v) is 5.78. The van der Waals surface area contributed by atoms with Crippen LogP contribution in [0.25, 0.3) is 0 Å². The highest BCUT2D eigenvalue weighted by atomic mass is 32.2. The van der Waals surface area contributed by atoms with Crippen LogP contribution in [0, 0.1) is 12.3 Å². The Hall–Kier alpha value is -1.84. The molecule has 0 radical (unpaired) electrons. The summed E-state index contributed by atoms with van der Waals surface area (Å²) in [5, 5.41) is 0. The fourth-order valence-corrected chi connectivity index (χ4v) is 1.95. The minimum absolute atomic E-state index is 0.0350. The van der Waals surface area contributed by atoms with Gasteiger partial charge in [0.1, 0.15) is 0 Å². The van der Waals surface area contributed by atoms with Gasteiger partial charge in [0.25, 0.3) is 0 Å². The molecule has 0 saturated carbocycles. The van der Waals surface area contributed by atoms with E-state index in [1.165, 1.54) is 24.3 Å². The molecule has 0 aliphatic heterocycles. The van der Waals surface area contributed by atoms with Crippen molar-refractivity contribution in [1.82, 2.24) is 4.72 Å². The molecule has 3 N–H and O–H groups in total. The van der Waals surface area contributed by atoms with Crippen LogP contribution in [-0.2, 0) is 10.0 Å². The summed E-state index contributed by atoms with van der Waals surface area (Å²) < 4.78 is 25.3. The summed E-state index contributed by atoms with van der Waals surface area (Å²) in [5.41, 5.74) is 5.27. The number of hydrogen-bond acceptors (Lipinski definition) is 3. The molecular weight excluding hydrogens is 228 g/mol. The van der Waals surface area contributed by atoms with Crippen molar-refractivity contribution in [2.75, 3.05) is 6.54 Å². The Balaban J connectivity index is 2.98. The number of terminal acetylenes is 1. The minimum atomic E-state index is -3.61. The monoisotopic (exact) mass is 238 g/mol. The van der Waals surface area contributed by atoms with Crippen LogP contribution in [0.5, 0.6) is 0 Å². The minimum Gasteiger partial charge on any atom is -0.366 e. The summed E-state index contributed by atoms with van der Waals surface area (Å²) in [7, 11) is -3.61. The van der Waals surface area contributed by atoms with E-state index in [0.717, 1.165) is 0 Å². The topological polar surface area (TPSA) is 89.3 Å². The first kappa shape index (κ1) is 12.2. The fourth-order valence-electron chi connectivity index (χ4n) is 1.02. The van der Waals surface area contributed by atoms with Crippen molar-refractivity contribution in [2.45, 2.75) is 4.90 Å². The number of nitrogens with two attached hydrogens (primary N) is 1. The van der Waals surface area contributed by atoms with Gasteiger partial charge in [0.15, 0.2) is 0 Å². The van der Waals surface area contributed by atoms with Gasteiger partial charge in [-0.3, -0.25) is 4.79 Å². The molecule has 0 aliphatic rings. The van der Waals surface area contributed by atoms with Gasteiger partial charge in [-0.05, 0) is 24.3 Å². The summed E-state index contributed by atoms with van der Waals surface area (Å²) in [4.78, 5) is 10.8. The third-order valence-corrected chi connectivity index (χ3v) is 3.23. The van der Waals surface area contributed by atoms with Gasteiger partial charge in [-0.25, -0.2) is 8.42 Å². The molecule has 0 atom stereocenters. The molecule has 0 aliphatic carbocycles. The van der Waals surface area contributed by atoms with Gasteiger partial charge >= 0.3 is 0 Å². The van der Waals surface area contributed by atoms with Crippen LogP contribution in [0.1, 0.15) is 10.4 Å². The maximum absolute atomic E-state index is 11.5. The molecule has 0 fully saturated rings. The Bertz CT molecular complexity index is 526. The summed E-state index contributed by atoms with van der Waals surface area (Å²) in [6.45, 7) is -0.0834. The van der Waals surface area contributed by atoms with Crippen molar-refractivity contribution < 1.29 is 13.2 Å². The predicted octanol–water partition coefficient (Wildman–Crippen LogP) is -0.303. The fraction of sp³-hybridized carbons (Fsp3) is 0.100. The zero-order valence-corrected chi connectivity index (χ0v) is 9.12. The van der Waals surface area contributed by atoms with Gasteiger partial charge in [0.2, 0.25) is 15.9 Å². The molecule has 0 aromatic heterocycles. The average Bonchev–Trinajstić information content (AvgIpc) is 2.26. The first-order valence-electron chi connectivity index (χ1n) is 4.30. The molecule has 0 unspecified atom stereocenters. The quantitative estimate of drug-likeness (QED) is 0.705. The smallest absolute Gasteiger partial charge is 0.248 e. The number of benzene rings is 1. The van der Waals surface area contributed by atoms with E-state index in [9.17, 15) is 13.2 Å². The predicted molar refractivity (Wildman–Crippen MR) is 59.0 cm³/mol. The van der Waals surface area contributed by atoms with Crippen LogP contribution in [0.2, 0.25) is 0 Å². The summed E-state index contributed by atoms with van der Waals surface area (Å²) in [6.07, 6.45) is 4.94. The lowest BCUT2D eigenvalue weighted by molar-refractivity contribution is 0.1000. The van der Waals surface area contributed by atoms with Crippen LogP contribution >= 0.6 is 0 Å². The molecule has 5 nitrogen and oxygen atoms in total. The first-order chi connectivity index (χ1) is 7.47. The van der Waals surface area contributed by atoms with Gasteiger partial charge in [-0.2, -0.15) is 4.72 Å². The van der Waals surface area contributed by atoms with Crippen molar-refractivity contribution in [3.63, 3.8) is 0 Å². The molecule has 1 rings (SSSR count). The molecule has 0 spiro atoms. The van der Waals surface area contributed by atoms with Gasteiger partial charge in [-0.1, -0.05) is 5.92 Å². The molecule has 1 aromatic carbocycles. The Kier molecular flexibility index (Phi) is 3.66. The van der Waals surface area contributed by atoms with Crippen molar-refractivity contribution in [1.29, 1.82) is 0 Å². The molecule has 0 bridgehead atoms. The number of rotatable bonds is 4. The number of carbonyl (C=O) groups excluding carboxylic acids is 1. The SMILES string of the molecule is C#CCNS(=O)(=O)c1ccc(C(N)=O)cc1. The Labute approximate surface area is 93.7 Å². The van der Waals surface area contributed by atoms with Crippen LogP contribution in [0.3, 0.4) is 0 Å². The zero-order valence-electron chi connectivity index (χ0n) is 8.30. The van der Waals surface area contributed by atoms with E-state index in [0.29, 0.717) is 0 Å². The van der Waals surface area contributed by atoms with Crippen molar-refractivity contribution >= 4 is 15.9 Å². The number of sulfonamides is 1. The van der Waals surface area contributed by atoms with Crippen LogP contribution in [0.4, 0.5) is 0 Å². The second-order valence-corrected chi connectivity index (χ2v) is 4.68.